The van der Waals surface area contributed by atoms with Gasteiger partial charge in [0.1, 0.15) is 0 Å². The first kappa shape index (κ1) is 27.2. The highest BCUT2D eigenvalue weighted by atomic mass is 127. The molecule has 7 heteroatoms. The van der Waals surface area contributed by atoms with Crippen LogP contribution in [0.25, 0.3) is 0 Å². The molecule has 0 amide bonds. The molecule has 0 aliphatic carbocycles. The van der Waals surface area contributed by atoms with E-state index in [2.05, 4.69) is 65.1 Å². The van der Waals surface area contributed by atoms with Crippen LogP contribution in [0, 0.1) is 11.8 Å². The van der Waals surface area contributed by atoms with Crippen LogP contribution in [0.1, 0.15) is 45.6 Å². The van der Waals surface area contributed by atoms with E-state index in [4.69, 9.17) is 4.99 Å². The molecule has 182 valence electrons. The van der Waals surface area contributed by atoms with Gasteiger partial charge < -0.3 is 25.1 Å². The monoisotopic (exact) mass is 557 g/mol. The quantitative estimate of drug-likeness (QED) is 0.276. The lowest BCUT2D eigenvalue weighted by Crippen LogP contribution is -2.40. The van der Waals surface area contributed by atoms with Gasteiger partial charge in [0.15, 0.2) is 5.96 Å². The molecule has 2 N–H and O–H groups in total. The van der Waals surface area contributed by atoms with Crippen molar-refractivity contribution in [2.24, 2.45) is 16.8 Å². The molecule has 2 aliphatic heterocycles. The number of piperidine rings is 1. The average molecular weight is 558 g/mol. The van der Waals surface area contributed by atoms with Crippen LogP contribution < -0.4 is 10.2 Å². The Bertz CT molecular complexity index is 671. The van der Waals surface area contributed by atoms with E-state index >= 15 is 0 Å². The number of hydrogen-bond acceptors (Lipinski definition) is 4. The number of aliphatic imine (C=N–C) groups is 1. The number of likely N-dealkylation sites (tertiary alicyclic amines) is 1. The highest BCUT2D eigenvalue weighted by Gasteiger charge is 2.26. The summed E-state index contributed by atoms with van der Waals surface area (Å²) in [4.78, 5) is 12.4. The zero-order chi connectivity index (χ0) is 22.1. The first-order valence-corrected chi connectivity index (χ1v) is 12.4. The third kappa shape index (κ3) is 7.76. The van der Waals surface area contributed by atoms with Crippen molar-refractivity contribution >= 4 is 35.6 Å². The van der Waals surface area contributed by atoms with Gasteiger partial charge in [-0.3, -0.25) is 0 Å². The lowest BCUT2D eigenvalue weighted by molar-refractivity contribution is 0.203. The second kappa shape index (κ2) is 14.3. The minimum atomic E-state index is 0. The Morgan fingerprint density at radius 3 is 2.28 bits per heavy atom. The molecular weight excluding hydrogens is 513 g/mol. The predicted molar refractivity (Wildman–Crippen MR) is 146 cm³/mol. The summed E-state index contributed by atoms with van der Waals surface area (Å²) in [7, 11) is 0. The first-order valence-electron chi connectivity index (χ1n) is 12.4. The number of nitrogens with one attached hydrogen (secondary N) is 1. The second-order valence-corrected chi connectivity index (χ2v) is 9.04. The van der Waals surface area contributed by atoms with Crippen molar-refractivity contribution < 1.29 is 5.11 Å². The average Bonchev–Trinajstić information content (AvgIpc) is 3.29. The van der Waals surface area contributed by atoms with E-state index in [1.807, 2.05) is 0 Å². The van der Waals surface area contributed by atoms with Crippen molar-refractivity contribution in [3.63, 3.8) is 0 Å². The van der Waals surface area contributed by atoms with Gasteiger partial charge in [-0.2, -0.15) is 0 Å². The van der Waals surface area contributed by atoms with Crippen LogP contribution in [0.3, 0.4) is 0 Å². The summed E-state index contributed by atoms with van der Waals surface area (Å²) < 4.78 is 0. The van der Waals surface area contributed by atoms with E-state index in [0.717, 1.165) is 70.5 Å². The predicted octanol–water partition coefficient (Wildman–Crippen LogP) is 3.64. The molecule has 1 aromatic rings. The Morgan fingerprint density at radius 1 is 1.03 bits per heavy atom. The fourth-order valence-corrected chi connectivity index (χ4v) is 4.80. The molecule has 0 radical (unpaired) electrons. The standard InChI is InChI=1S/C25H43N5O.HI/c1-4-26-25(30-16-13-23(19-30)18-28(5-2)6-3)27-17-21-7-9-24(10-8-21)29-14-11-22(20-31)12-15-29;/h7-10,22-23,31H,4-6,11-20H2,1-3H3,(H,26,27);1H. The Morgan fingerprint density at radius 2 is 1.69 bits per heavy atom. The van der Waals surface area contributed by atoms with E-state index in [0.29, 0.717) is 19.1 Å². The number of rotatable bonds is 9. The molecule has 1 aromatic carbocycles. The topological polar surface area (TPSA) is 54.3 Å². The van der Waals surface area contributed by atoms with Crippen LogP contribution >= 0.6 is 24.0 Å². The summed E-state index contributed by atoms with van der Waals surface area (Å²) >= 11 is 0. The summed E-state index contributed by atoms with van der Waals surface area (Å²) in [5, 5.41) is 12.8. The minimum Gasteiger partial charge on any atom is -0.396 e. The molecule has 2 saturated heterocycles. The number of anilines is 1. The van der Waals surface area contributed by atoms with Crippen LogP contribution in [0.15, 0.2) is 29.3 Å². The lowest BCUT2D eigenvalue weighted by Gasteiger charge is -2.32. The molecule has 0 saturated carbocycles. The molecule has 0 spiro atoms. The minimum absolute atomic E-state index is 0. The lowest BCUT2D eigenvalue weighted by atomic mass is 9.97. The molecular formula is C25H44IN5O. The molecule has 6 nitrogen and oxygen atoms in total. The van der Waals surface area contributed by atoms with Crippen molar-refractivity contribution in [2.75, 3.05) is 63.9 Å². The van der Waals surface area contributed by atoms with E-state index in [9.17, 15) is 5.11 Å². The summed E-state index contributed by atoms with van der Waals surface area (Å²) in [6.07, 6.45) is 3.42. The number of halogens is 1. The Kier molecular flexibility index (Phi) is 12.1. The third-order valence-corrected chi connectivity index (χ3v) is 6.92. The molecule has 1 atom stereocenters. The van der Waals surface area contributed by atoms with Gasteiger partial charge in [-0.1, -0.05) is 26.0 Å². The third-order valence-electron chi connectivity index (χ3n) is 6.92. The van der Waals surface area contributed by atoms with Crippen LogP contribution in [-0.2, 0) is 6.54 Å². The van der Waals surface area contributed by atoms with Gasteiger partial charge in [0.25, 0.3) is 0 Å². The van der Waals surface area contributed by atoms with Gasteiger partial charge in [-0.05, 0) is 68.8 Å². The number of aliphatic hydroxyl groups is 1. The normalized spacial score (nSPS) is 20.0. The van der Waals surface area contributed by atoms with Gasteiger partial charge in [-0.15, -0.1) is 24.0 Å². The van der Waals surface area contributed by atoms with Gasteiger partial charge >= 0.3 is 0 Å². The van der Waals surface area contributed by atoms with E-state index in [-0.39, 0.29) is 24.0 Å². The van der Waals surface area contributed by atoms with Crippen molar-refractivity contribution in [3.8, 4) is 0 Å². The molecule has 2 heterocycles. The Labute approximate surface area is 212 Å². The van der Waals surface area contributed by atoms with Gasteiger partial charge in [0, 0.05) is 51.6 Å². The molecule has 3 rings (SSSR count). The van der Waals surface area contributed by atoms with Gasteiger partial charge in [0.05, 0.1) is 6.54 Å². The molecule has 2 aliphatic rings. The van der Waals surface area contributed by atoms with E-state index in [1.54, 1.807) is 0 Å². The van der Waals surface area contributed by atoms with Crippen LogP contribution in [0.2, 0.25) is 0 Å². The van der Waals surface area contributed by atoms with Crippen molar-refractivity contribution in [1.82, 2.24) is 15.1 Å². The highest BCUT2D eigenvalue weighted by molar-refractivity contribution is 14.0. The van der Waals surface area contributed by atoms with E-state index < -0.39 is 0 Å². The number of nitrogens with zero attached hydrogens (tertiary/aromatic N) is 4. The highest BCUT2D eigenvalue weighted by Crippen LogP contribution is 2.24. The Balaban J connectivity index is 0.00000363. The summed E-state index contributed by atoms with van der Waals surface area (Å²) in [5.74, 6) is 2.27. The van der Waals surface area contributed by atoms with Crippen LogP contribution in [0.5, 0.6) is 0 Å². The van der Waals surface area contributed by atoms with Gasteiger partial charge in [0.2, 0.25) is 0 Å². The molecule has 2 fully saturated rings. The first-order chi connectivity index (χ1) is 15.2. The maximum absolute atomic E-state index is 9.34. The molecule has 32 heavy (non-hydrogen) atoms. The Hall–Kier alpha value is -1.06. The fraction of sp³-hybridized carbons (Fsp3) is 0.720. The van der Waals surface area contributed by atoms with Crippen molar-refractivity contribution in [3.05, 3.63) is 29.8 Å². The maximum Gasteiger partial charge on any atom is 0.194 e. The maximum atomic E-state index is 9.34. The zero-order valence-electron chi connectivity index (χ0n) is 20.3. The van der Waals surface area contributed by atoms with Crippen molar-refractivity contribution in [2.45, 2.75) is 46.6 Å². The number of hydrogen-bond donors (Lipinski definition) is 2. The van der Waals surface area contributed by atoms with E-state index in [1.165, 1.54) is 24.2 Å². The number of aliphatic hydroxyl groups excluding tert-OH is 1. The number of benzene rings is 1. The zero-order valence-corrected chi connectivity index (χ0v) is 22.6. The second-order valence-electron chi connectivity index (χ2n) is 9.04. The summed E-state index contributed by atoms with van der Waals surface area (Å²) in [6.45, 7) is 16.3. The fourth-order valence-electron chi connectivity index (χ4n) is 4.80. The largest absolute Gasteiger partial charge is 0.396 e. The van der Waals surface area contributed by atoms with Crippen LogP contribution in [-0.4, -0.2) is 79.8 Å². The molecule has 0 aromatic heterocycles. The SMILES string of the molecule is CCNC(=NCc1ccc(N2CCC(CO)CC2)cc1)N1CCC(CN(CC)CC)C1.I. The summed E-state index contributed by atoms with van der Waals surface area (Å²) in [6, 6.07) is 8.89. The van der Waals surface area contributed by atoms with Gasteiger partial charge in [-0.25, -0.2) is 4.99 Å². The van der Waals surface area contributed by atoms with Crippen molar-refractivity contribution in [1.29, 1.82) is 0 Å². The molecule has 1 unspecified atom stereocenters. The number of guanidine groups is 1. The molecule has 0 bridgehead atoms. The smallest absolute Gasteiger partial charge is 0.194 e. The van der Waals surface area contributed by atoms with Crippen LogP contribution in [0.4, 0.5) is 5.69 Å². The summed E-state index contributed by atoms with van der Waals surface area (Å²) in [5.41, 5.74) is 2.54.